The number of carbonyl (C=O) groups is 2. The normalized spacial score (nSPS) is 21.7. The van der Waals surface area contributed by atoms with Crippen molar-refractivity contribution in [1.82, 2.24) is 5.32 Å². The Morgan fingerprint density at radius 2 is 1.72 bits per heavy atom. The smallest absolute Gasteiger partial charge is 0.329 e. The second kappa shape index (κ2) is 3.73. The van der Waals surface area contributed by atoms with Crippen molar-refractivity contribution in [1.29, 1.82) is 0 Å². The Labute approximate surface area is 105 Å². The molecule has 1 spiro atoms. The van der Waals surface area contributed by atoms with Crippen LogP contribution in [0.5, 0.6) is 0 Å². The monoisotopic (exact) mass is 245 g/mol. The van der Waals surface area contributed by atoms with E-state index in [2.05, 4.69) is 5.32 Å². The van der Waals surface area contributed by atoms with Gasteiger partial charge < -0.3 is 11.1 Å². The lowest BCUT2D eigenvalue weighted by Gasteiger charge is -2.20. The molecule has 18 heavy (non-hydrogen) atoms. The van der Waals surface area contributed by atoms with Gasteiger partial charge in [-0.1, -0.05) is 12.8 Å². The van der Waals surface area contributed by atoms with E-state index in [-0.39, 0.29) is 11.9 Å². The number of nitrogens with one attached hydrogen (secondary N) is 1. The zero-order valence-electron chi connectivity index (χ0n) is 9.98. The first-order valence-corrected chi connectivity index (χ1v) is 6.15. The van der Waals surface area contributed by atoms with Crippen LogP contribution in [0.15, 0.2) is 24.3 Å². The van der Waals surface area contributed by atoms with Gasteiger partial charge in [0.2, 0.25) is 0 Å². The molecular formula is C13H15N3O2. The molecule has 5 nitrogen and oxygen atoms in total. The SMILES string of the molecule is Nc1ccc(N2C(=O)NC3(CCCC3)C2=O)cc1. The third kappa shape index (κ3) is 1.47. The van der Waals surface area contributed by atoms with Gasteiger partial charge in [-0.3, -0.25) is 4.79 Å². The summed E-state index contributed by atoms with van der Waals surface area (Å²) in [4.78, 5) is 25.7. The van der Waals surface area contributed by atoms with Crippen LogP contribution in [-0.2, 0) is 4.79 Å². The Kier molecular flexibility index (Phi) is 2.29. The molecule has 0 bridgehead atoms. The maximum Gasteiger partial charge on any atom is 0.329 e. The van der Waals surface area contributed by atoms with E-state index in [0.29, 0.717) is 11.4 Å². The number of nitrogen functional groups attached to an aromatic ring is 1. The molecule has 3 N–H and O–H groups in total. The number of benzene rings is 1. The number of urea groups is 1. The largest absolute Gasteiger partial charge is 0.399 e. The number of anilines is 2. The summed E-state index contributed by atoms with van der Waals surface area (Å²) in [6.07, 6.45) is 3.45. The van der Waals surface area contributed by atoms with Crippen LogP contribution in [0.25, 0.3) is 0 Å². The summed E-state index contributed by atoms with van der Waals surface area (Å²) in [5.41, 5.74) is 6.14. The van der Waals surface area contributed by atoms with Gasteiger partial charge >= 0.3 is 6.03 Å². The summed E-state index contributed by atoms with van der Waals surface area (Å²) >= 11 is 0. The van der Waals surface area contributed by atoms with Crippen molar-refractivity contribution in [3.63, 3.8) is 0 Å². The quantitative estimate of drug-likeness (QED) is 0.583. The molecule has 1 aliphatic carbocycles. The molecule has 94 valence electrons. The topological polar surface area (TPSA) is 75.4 Å². The Balaban J connectivity index is 1.95. The highest BCUT2D eigenvalue weighted by molar-refractivity contribution is 6.23. The van der Waals surface area contributed by atoms with E-state index < -0.39 is 5.54 Å². The molecule has 5 heteroatoms. The highest BCUT2D eigenvalue weighted by atomic mass is 16.2. The van der Waals surface area contributed by atoms with E-state index >= 15 is 0 Å². The van der Waals surface area contributed by atoms with Crippen molar-refractivity contribution < 1.29 is 9.59 Å². The lowest BCUT2D eigenvalue weighted by molar-refractivity contribution is -0.121. The van der Waals surface area contributed by atoms with Crippen LogP contribution >= 0.6 is 0 Å². The van der Waals surface area contributed by atoms with E-state index in [4.69, 9.17) is 5.73 Å². The molecule has 1 saturated carbocycles. The molecule has 1 aromatic rings. The van der Waals surface area contributed by atoms with Crippen molar-refractivity contribution >= 4 is 23.3 Å². The van der Waals surface area contributed by atoms with E-state index in [0.717, 1.165) is 25.7 Å². The molecule has 1 heterocycles. The minimum atomic E-state index is -0.654. The molecule has 0 aromatic heterocycles. The molecule has 2 fully saturated rings. The van der Waals surface area contributed by atoms with Crippen LogP contribution in [0, 0.1) is 0 Å². The Morgan fingerprint density at radius 3 is 2.33 bits per heavy atom. The standard InChI is InChI=1S/C13H15N3O2/c14-9-3-5-10(6-4-9)16-11(17)13(15-12(16)18)7-1-2-8-13/h3-6H,1-2,7-8,14H2,(H,15,18). The number of nitrogens with two attached hydrogens (primary N) is 1. The number of hydrogen-bond donors (Lipinski definition) is 2. The number of nitrogens with zero attached hydrogens (tertiary/aromatic N) is 1. The molecule has 3 rings (SSSR count). The van der Waals surface area contributed by atoms with Gasteiger partial charge in [-0.25, -0.2) is 9.69 Å². The van der Waals surface area contributed by atoms with E-state index in [1.807, 2.05) is 0 Å². The van der Waals surface area contributed by atoms with Crippen LogP contribution in [0.4, 0.5) is 16.2 Å². The molecule has 1 aromatic carbocycles. The third-order valence-electron chi connectivity index (χ3n) is 3.77. The second-order valence-corrected chi connectivity index (χ2v) is 4.95. The maximum absolute atomic E-state index is 12.4. The fourth-order valence-corrected chi connectivity index (χ4v) is 2.80. The van der Waals surface area contributed by atoms with Gasteiger partial charge in [0.1, 0.15) is 5.54 Å². The van der Waals surface area contributed by atoms with E-state index in [1.54, 1.807) is 24.3 Å². The highest BCUT2D eigenvalue weighted by Gasteiger charge is 2.52. The minimum Gasteiger partial charge on any atom is -0.399 e. The molecule has 0 atom stereocenters. The summed E-state index contributed by atoms with van der Waals surface area (Å²) in [7, 11) is 0. The Bertz CT molecular complexity index is 503. The summed E-state index contributed by atoms with van der Waals surface area (Å²) in [6.45, 7) is 0. The van der Waals surface area contributed by atoms with E-state index in [9.17, 15) is 9.59 Å². The average molecular weight is 245 g/mol. The minimum absolute atomic E-state index is 0.130. The van der Waals surface area contributed by atoms with Crippen molar-refractivity contribution in [3.05, 3.63) is 24.3 Å². The summed E-state index contributed by atoms with van der Waals surface area (Å²) in [5.74, 6) is -0.130. The second-order valence-electron chi connectivity index (χ2n) is 4.95. The Morgan fingerprint density at radius 1 is 1.11 bits per heavy atom. The molecule has 1 saturated heterocycles. The summed E-state index contributed by atoms with van der Waals surface area (Å²) < 4.78 is 0. The highest BCUT2D eigenvalue weighted by Crippen LogP contribution is 2.36. The van der Waals surface area contributed by atoms with Gasteiger partial charge in [-0.05, 0) is 37.1 Å². The lowest BCUT2D eigenvalue weighted by Crippen LogP contribution is -2.44. The van der Waals surface area contributed by atoms with Gasteiger partial charge in [0.05, 0.1) is 5.69 Å². The van der Waals surface area contributed by atoms with Crippen LogP contribution in [0.1, 0.15) is 25.7 Å². The zero-order chi connectivity index (χ0) is 12.8. The molecule has 0 unspecified atom stereocenters. The summed E-state index contributed by atoms with van der Waals surface area (Å²) in [6, 6.07) is 6.44. The molecule has 1 aliphatic heterocycles. The molecular weight excluding hydrogens is 230 g/mol. The van der Waals surface area contributed by atoms with Gasteiger partial charge in [-0.2, -0.15) is 0 Å². The Hall–Kier alpha value is -2.04. The summed E-state index contributed by atoms with van der Waals surface area (Å²) in [5, 5.41) is 2.85. The van der Waals surface area contributed by atoms with Crippen LogP contribution in [-0.4, -0.2) is 17.5 Å². The number of carbonyl (C=O) groups excluding carboxylic acids is 2. The number of imide groups is 1. The number of amides is 3. The van der Waals surface area contributed by atoms with E-state index in [1.165, 1.54) is 4.90 Å². The van der Waals surface area contributed by atoms with Crippen molar-refractivity contribution in [2.24, 2.45) is 0 Å². The molecule has 2 aliphatic rings. The van der Waals surface area contributed by atoms with Crippen LogP contribution < -0.4 is 16.0 Å². The fourth-order valence-electron chi connectivity index (χ4n) is 2.80. The zero-order valence-corrected chi connectivity index (χ0v) is 9.98. The van der Waals surface area contributed by atoms with Crippen molar-refractivity contribution in [2.75, 3.05) is 10.6 Å². The van der Waals surface area contributed by atoms with Gasteiger partial charge in [-0.15, -0.1) is 0 Å². The maximum atomic E-state index is 12.4. The first kappa shape index (κ1) is 11.1. The van der Waals surface area contributed by atoms with Gasteiger partial charge in [0.15, 0.2) is 0 Å². The van der Waals surface area contributed by atoms with Gasteiger partial charge in [0.25, 0.3) is 5.91 Å². The number of hydrogen-bond acceptors (Lipinski definition) is 3. The van der Waals surface area contributed by atoms with Crippen LogP contribution in [0.2, 0.25) is 0 Å². The van der Waals surface area contributed by atoms with Crippen LogP contribution in [0.3, 0.4) is 0 Å². The lowest BCUT2D eigenvalue weighted by atomic mass is 9.98. The molecule has 0 radical (unpaired) electrons. The van der Waals surface area contributed by atoms with Crippen molar-refractivity contribution in [3.8, 4) is 0 Å². The van der Waals surface area contributed by atoms with Gasteiger partial charge in [0, 0.05) is 5.69 Å². The first-order chi connectivity index (χ1) is 8.62. The van der Waals surface area contributed by atoms with Crippen molar-refractivity contribution in [2.45, 2.75) is 31.2 Å². The predicted octanol–water partition coefficient (Wildman–Crippen LogP) is 1.64. The fraction of sp³-hybridized carbons (Fsp3) is 0.385. The average Bonchev–Trinajstić information content (AvgIpc) is 2.89. The molecule has 3 amide bonds. The third-order valence-corrected chi connectivity index (χ3v) is 3.77. The predicted molar refractivity (Wildman–Crippen MR) is 68.1 cm³/mol. The number of rotatable bonds is 1. The first-order valence-electron chi connectivity index (χ1n) is 6.15.